The molecule has 0 aliphatic rings. The van der Waals surface area contributed by atoms with Crippen LogP contribution < -0.4 is 5.32 Å². The Bertz CT molecular complexity index is 1250. The second-order valence-corrected chi connectivity index (χ2v) is 9.75. The van der Waals surface area contributed by atoms with E-state index in [1.807, 2.05) is 39.0 Å². The summed E-state index contributed by atoms with van der Waals surface area (Å²) in [6, 6.07) is 14.3. The number of alkyl carbamates (subject to hydrolysis) is 1. The normalized spacial score (nSPS) is 11.6. The second-order valence-electron chi connectivity index (χ2n) is 9.75. The summed E-state index contributed by atoms with van der Waals surface area (Å²) in [6.45, 7) is 12.1. The lowest BCUT2D eigenvalue weighted by atomic mass is 9.91. The summed E-state index contributed by atoms with van der Waals surface area (Å²) in [7, 11) is 0. The van der Waals surface area contributed by atoms with Crippen LogP contribution >= 0.6 is 0 Å². The van der Waals surface area contributed by atoms with Crippen molar-refractivity contribution >= 4 is 29.0 Å². The lowest BCUT2D eigenvalue weighted by Crippen LogP contribution is -2.32. The number of benzene rings is 2. The van der Waals surface area contributed by atoms with Crippen molar-refractivity contribution in [2.24, 2.45) is 0 Å². The molecule has 0 unspecified atom stereocenters. The van der Waals surface area contributed by atoms with E-state index in [0.29, 0.717) is 13.2 Å². The van der Waals surface area contributed by atoms with Gasteiger partial charge in [0.15, 0.2) is 0 Å². The SMILES string of the molecule is CCCc1nc2ccc(C=CC(=O)OCC)cc2c(-c2ccc(C)cc2)c1CNC(=O)OC(C)(C)C. The topological polar surface area (TPSA) is 77.5 Å². The Balaban J connectivity index is 2.17. The van der Waals surface area contributed by atoms with Gasteiger partial charge in [-0.2, -0.15) is 0 Å². The van der Waals surface area contributed by atoms with Gasteiger partial charge in [0.1, 0.15) is 5.60 Å². The Kier molecular flexibility index (Phi) is 8.86. The van der Waals surface area contributed by atoms with E-state index in [1.165, 1.54) is 6.08 Å². The van der Waals surface area contributed by atoms with Gasteiger partial charge in [-0.15, -0.1) is 0 Å². The van der Waals surface area contributed by atoms with Gasteiger partial charge in [-0.05, 0) is 75.9 Å². The standard InChI is InChI=1S/C30H36N2O4/c1-7-9-25-24(19-31-29(34)36-30(4,5)6)28(22-14-10-20(3)11-15-22)23-18-21(12-16-26(23)32-25)13-17-27(33)35-8-2/h10-18H,7-9,19H2,1-6H3,(H,31,34). The van der Waals surface area contributed by atoms with Gasteiger partial charge in [-0.1, -0.05) is 49.2 Å². The fourth-order valence-corrected chi connectivity index (χ4v) is 3.99. The van der Waals surface area contributed by atoms with Gasteiger partial charge in [-0.25, -0.2) is 9.59 Å². The predicted octanol–water partition coefficient (Wildman–Crippen LogP) is 6.76. The number of ether oxygens (including phenoxy) is 2. The van der Waals surface area contributed by atoms with Crippen LogP contribution in [0.4, 0.5) is 4.79 Å². The fraction of sp³-hybridized carbons (Fsp3) is 0.367. The molecule has 6 heteroatoms. The van der Waals surface area contributed by atoms with E-state index >= 15 is 0 Å². The monoisotopic (exact) mass is 488 g/mol. The summed E-state index contributed by atoms with van der Waals surface area (Å²) in [5.74, 6) is -0.380. The number of aryl methyl sites for hydroxylation is 2. The number of aromatic nitrogens is 1. The first-order valence-electron chi connectivity index (χ1n) is 12.5. The quantitative estimate of drug-likeness (QED) is 0.280. The number of amides is 1. The van der Waals surface area contributed by atoms with Crippen LogP contribution in [0, 0.1) is 6.92 Å². The fourth-order valence-electron chi connectivity index (χ4n) is 3.99. The van der Waals surface area contributed by atoms with Crippen LogP contribution in [0.5, 0.6) is 0 Å². The van der Waals surface area contributed by atoms with Crippen LogP contribution in [-0.4, -0.2) is 29.3 Å². The molecule has 0 fully saturated rings. The van der Waals surface area contributed by atoms with Gasteiger partial charge in [0.25, 0.3) is 0 Å². The Hall–Kier alpha value is -3.67. The zero-order valence-electron chi connectivity index (χ0n) is 22.1. The van der Waals surface area contributed by atoms with E-state index in [4.69, 9.17) is 14.5 Å². The van der Waals surface area contributed by atoms with Crippen LogP contribution in [0.2, 0.25) is 0 Å². The Morgan fingerprint density at radius 2 is 1.78 bits per heavy atom. The molecule has 1 N–H and O–H groups in total. The molecule has 6 nitrogen and oxygen atoms in total. The second kappa shape index (κ2) is 11.8. The third kappa shape index (κ3) is 7.17. The van der Waals surface area contributed by atoms with Crippen molar-refractivity contribution in [3.05, 3.63) is 70.9 Å². The van der Waals surface area contributed by atoms with Crippen molar-refractivity contribution in [1.82, 2.24) is 10.3 Å². The molecule has 0 atom stereocenters. The largest absolute Gasteiger partial charge is 0.463 e. The summed E-state index contributed by atoms with van der Waals surface area (Å²) < 4.78 is 10.5. The van der Waals surface area contributed by atoms with Crippen LogP contribution in [0.25, 0.3) is 28.1 Å². The molecule has 0 spiro atoms. The van der Waals surface area contributed by atoms with Gasteiger partial charge in [0, 0.05) is 29.3 Å². The van der Waals surface area contributed by atoms with Crippen molar-refractivity contribution in [1.29, 1.82) is 0 Å². The minimum atomic E-state index is -0.585. The molecule has 1 amide bonds. The molecule has 3 aromatic rings. The molecule has 190 valence electrons. The molecule has 0 saturated heterocycles. The summed E-state index contributed by atoms with van der Waals surface area (Å²) in [6.07, 6.45) is 4.41. The molecule has 3 rings (SSSR count). The van der Waals surface area contributed by atoms with Crippen molar-refractivity contribution in [2.45, 2.75) is 66.5 Å². The third-order valence-electron chi connectivity index (χ3n) is 5.53. The number of pyridine rings is 1. The highest BCUT2D eigenvalue weighted by Gasteiger charge is 2.20. The number of fused-ring (bicyclic) bond motifs is 1. The van der Waals surface area contributed by atoms with Gasteiger partial charge >= 0.3 is 12.1 Å². The predicted molar refractivity (Wildman–Crippen MR) is 145 cm³/mol. The molecule has 0 radical (unpaired) electrons. The summed E-state index contributed by atoms with van der Waals surface area (Å²) in [5.41, 5.74) is 6.28. The Morgan fingerprint density at radius 1 is 1.06 bits per heavy atom. The molecule has 0 aliphatic heterocycles. The van der Waals surface area contributed by atoms with Crippen molar-refractivity contribution in [3.8, 4) is 11.1 Å². The maximum Gasteiger partial charge on any atom is 0.407 e. The summed E-state index contributed by atoms with van der Waals surface area (Å²) >= 11 is 0. The van der Waals surface area contributed by atoms with Crippen LogP contribution in [-0.2, 0) is 27.2 Å². The molecule has 2 aromatic carbocycles. The number of carbonyl (C=O) groups is 2. The van der Waals surface area contributed by atoms with Crippen molar-refractivity contribution in [2.75, 3.05) is 6.61 Å². The summed E-state index contributed by atoms with van der Waals surface area (Å²) in [4.78, 5) is 29.3. The Labute approximate surface area is 213 Å². The van der Waals surface area contributed by atoms with Crippen molar-refractivity contribution in [3.63, 3.8) is 0 Å². The van der Waals surface area contributed by atoms with Crippen LogP contribution in [0.15, 0.2) is 48.5 Å². The molecule has 0 saturated carbocycles. The van der Waals surface area contributed by atoms with Crippen LogP contribution in [0.3, 0.4) is 0 Å². The number of nitrogens with one attached hydrogen (secondary N) is 1. The first-order valence-corrected chi connectivity index (χ1v) is 12.5. The average Bonchev–Trinajstić information content (AvgIpc) is 2.81. The molecule has 0 bridgehead atoms. The molecular weight excluding hydrogens is 452 g/mol. The average molecular weight is 489 g/mol. The van der Waals surface area contributed by atoms with Gasteiger partial charge in [0.2, 0.25) is 0 Å². The summed E-state index contributed by atoms with van der Waals surface area (Å²) in [5, 5.41) is 3.88. The van der Waals surface area contributed by atoms with Gasteiger partial charge < -0.3 is 14.8 Å². The Morgan fingerprint density at radius 3 is 2.42 bits per heavy atom. The lowest BCUT2D eigenvalue weighted by molar-refractivity contribution is -0.137. The number of nitrogens with zero attached hydrogens (tertiary/aromatic N) is 1. The van der Waals surface area contributed by atoms with E-state index in [1.54, 1.807) is 13.0 Å². The third-order valence-corrected chi connectivity index (χ3v) is 5.53. The van der Waals surface area contributed by atoms with E-state index in [-0.39, 0.29) is 5.97 Å². The minimum Gasteiger partial charge on any atom is -0.463 e. The van der Waals surface area contributed by atoms with Crippen LogP contribution in [0.1, 0.15) is 63.4 Å². The van der Waals surface area contributed by atoms with Gasteiger partial charge in [0.05, 0.1) is 12.1 Å². The lowest BCUT2D eigenvalue weighted by Gasteiger charge is -2.22. The zero-order valence-corrected chi connectivity index (χ0v) is 22.1. The highest BCUT2D eigenvalue weighted by molar-refractivity contribution is 5.98. The smallest absolute Gasteiger partial charge is 0.407 e. The first-order chi connectivity index (χ1) is 17.1. The first kappa shape index (κ1) is 26.9. The van der Waals surface area contributed by atoms with E-state index in [0.717, 1.165) is 57.3 Å². The number of carbonyl (C=O) groups excluding carboxylic acids is 2. The highest BCUT2D eigenvalue weighted by atomic mass is 16.6. The zero-order chi connectivity index (χ0) is 26.3. The molecule has 0 aliphatic carbocycles. The molecule has 1 aromatic heterocycles. The van der Waals surface area contributed by atoms with Gasteiger partial charge in [-0.3, -0.25) is 4.98 Å². The van der Waals surface area contributed by atoms with E-state index in [9.17, 15) is 9.59 Å². The van der Waals surface area contributed by atoms with Crippen molar-refractivity contribution < 1.29 is 19.1 Å². The van der Waals surface area contributed by atoms with E-state index < -0.39 is 11.7 Å². The number of esters is 1. The molecule has 1 heterocycles. The maximum absolute atomic E-state index is 12.5. The minimum absolute atomic E-state index is 0.291. The highest BCUT2D eigenvalue weighted by Crippen LogP contribution is 2.35. The molecular formula is C30H36N2O4. The van der Waals surface area contributed by atoms with E-state index in [2.05, 4.69) is 43.4 Å². The maximum atomic E-state index is 12.5. The molecule has 36 heavy (non-hydrogen) atoms. The number of hydrogen-bond acceptors (Lipinski definition) is 5. The number of hydrogen-bond donors (Lipinski definition) is 1. The number of rotatable bonds is 8.